The molecule has 3 N–H and O–H groups in total. The van der Waals surface area contributed by atoms with E-state index in [1.807, 2.05) is 80.6 Å². The van der Waals surface area contributed by atoms with Crippen LogP contribution in [-0.4, -0.2) is 84.5 Å². The number of hydrogen-bond acceptors (Lipinski definition) is 6. The van der Waals surface area contributed by atoms with Crippen LogP contribution in [0.25, 0.3) is 32.7 Å². The molecule has 9 nitrogen and oxygen atoms in total. The third kappa shape index (κ3) is 12.1. The molecular weight excluding hydrogens is 1110 g/mol. The molecule has 0 amide bonds. The molecule has 0 bridgehead atoms. The molecule has 0 radical (unpaired) electrons. The van der Waals surface area contributed by atoms with Crippen molar-refractivity contribution in [3.63, 3.8) is 0 Å². The van der Waals surface area contributed by atoms with E-state index >= 15 is 0 Å². The van der Waals surface area contributed by atoms with Gasteiger partial charge < -0.3 is 43.7 Å². The molecule has 0 saturated heterocycles. The van der Waals surface area contributed by atoms with Crippen LogP contribution in [0.4, 0.5) is 13.2 Å². The molecule has 9 aromatic rings. The summed E-state index contributed by atoms with van der Waals surface area (Å²) in [5.74, 6) is -1.65. The van der Waals surface area contributed by atoms with Crippen LogP contribution in [0.3, 0.4) is 0 Å². The van der Waals surface area contributed by atoms with Crippen LogP contribution < -0.4 is 0 Å². The van der Waals surface area contributed by atoms with E-state index in [1.165, 1.54) is 51.7 Å². The molecule has 0 fully saturated rings. The lowest BCUT2D eigenvalue weighted by Crippen LogP contribution is -2.32. The summed E-state index contributed by atoms with van der Waals surface area (Å²) < 4.78 is 47.8. The normalized spacial score (nSPS) is 17.1. The molecule has 12 rings (SSSR count). The van der Waals surface area contributed by atoms with Crippen molar-refractivity contribution in [2.75, 3.05) is 40.8 Å². The molecule has 426 valence electrons. The summed E-state index contributed by atoms with van der Waals surface area (Å²) in [6, 6.07) is 31.6. The molecule has 0 saturated carbocycles. The van der Waals surface area contributed by atoms with Crippen molar-refractivity contribution in [2.45, 2.75) is 110 Å². The highest BCUT2D eigenvalue weighted by molar-refractivity contribution is 6.32. The van der Waals surface area contributed by atoms with Gasteiger partial charge in [-0.2, -0.15) is 0 Å². The first kappa shape index (κ1) is 58.8. The van der Waals surface area contributed by atoms with E-state index in [4.69, 9.17) is 46.4 Å². The van der Waals surface area contributed by atoms with Gasteiger partial charge in [0, 0.05) is 140 Å². The molecule has 3 atom stereocenters. The van der Waals surface area contributed by atoms with E-state index in [0.717, 1.165) is 129 Å². The Morgan fingerprint density at radius 2 is 0.827 bits per heavy atom. The molecule has 3 aromatic heterocycles. The Morgan fingerprint density at radius 3 is 1.21 bits per heavy atom. The monoisotopic (exact) mass is 1180 g/mol. The summed E-state index contributed by atoms with van der Waals surface area (Å²) in [7, 11) is 6.33. The van der Waals surface area contributed by atoms with Gasteiger partial charge in [-0.05, 0) is 168 Å². The number of benzene rings is 6. The molecule has 16 heteroatoms. The highest BCUT2D eigenvalue weighted by Crippen LogP contribution is 2.40. The maximum absolute atomic E-state index is 14.3. The molecule has 81 heavy (non-hydrogen) atoms. The largest absolute Gasteiger partial charge is 0.384 e. The third-order valence-corrected chi connectivity index (χ3v) is 17.8. The van der Waals surface area contributed by atoms with Crippen LogP contribution in [-0.2, 0) is 75.3 Å². The lowest BCUT2D eigenvalue weighted by atomic mass is 9.94. The van der Waals surface area contributed by atoms with E-state index in [9.17, 15) is 28.5 Å². The van der Waals surface area contributed by atoms with Crippen molar-refractivity contribution < 1.29 is 28.5 Å². The number of hydrogen-bond donors (Lipinski definition) is 3. The molecular formula is C65H69Cl4F3N6O3. The van der Waals surface area contributed by atoms with Gasteiger partial charge in [0.15, 0.2) is 0 Å². The second-order valence-corrected chi connectivity index (χ2v) is 25.1. The van der Waals surface area contributed by atoms with Crippen molar-refractivity contribution in [3.8, 4) is 0 Å². The number of fused-ring (bicyclic) bond motifs is 9. The van der Waals surface area contributed by atoms with E-state index < -0.39 is 28.4 Å². The Hall–Kier alpha value is -5.35. The van der Waals surface area contributed by atoms with E-state index in [0.29, 0.717) is 23.7 Å². The maximum atomic E-state index is 14.3. The van der Waals surface area contributed by atoms with Crippen LogP contribution in [0.1, 0.15) is 82.4 Å². The van der Waals surface area contributed by atoms with Crippen LogP contribution in [0.5, 0.6) is 0 Å². The van der Waals surface area contributed by atoms with Gasteiger partial charge in [0.25, 0.3) is 0 Å². The number of aromatic nitrogens is 3. The van der Waals surface area contributed by atoms with E-state index in [1.54, 1.807) is 32.9 Å². The van der Waals surface area contributed by atoms with Crippen LogP contribution >= 0.6 is 46.4 Å². The summed E-state index contributed by atoms with van der Waals surface area (Å²) in [4.78, 5) is 6.87. The Balaban J connectivity index is 0.000000136. The van der Waals surface area contributed by atoms with Crippen molar-refractivity contribution in [1.82, 2.24) is 28.4 Å². The Kier molecular flexibility index (Phi) is 16.7. The molecule has 3 aliphatic heterocycles. The number of likely N-dealkylation sites (N-methyl/N-ethyl adjacent to an activating group) is 3. The first-order chi connectivity index (χ1) is 38.3. The zero-order valence-corrected chi connectivity index (χ0v) is 50.1. The van der Waals surface area contributed by atoms with Crippen molar-refractivity contribution in [1.29, 1.82) is 0 Å². The minimum Gasteiger partial charge on any atom is -0.384 e. The lowest BCUT2D eigenvalue weighted by Gasteiger charge is -2.29. The van der Waals surface area contributed by atoms with Gasteiger partial charge >= 0.3 is 0 Å². The zero-order chi connectivity index (χ0) is 58.0. The average molecular weight is 1180 g/mol. The fourth-order valence-corrected chi connectivity index (χ4v) is 12.9. The quantitative estimate of drug-likeness (QED) is 0.134. The van der Waals surface area contributed by atoms with Crippen LogP contribution in [0, 0.1) is 31.3 Å². The van der Waals surface area contributed by atoms with Gasteiger partial charge in [-0.3, -0.25) is 0 Å². The van der Waals surface area contributed by atoms with E-state index in [-0.39, 0.29) is 17.9 Å². The van der Waals surface area contributed by atoms with Gasteiger partial charge in [-0.1, -0.05) is 76.7 Å². The number of aliphatic hydroxyl groups is 3. The molecule has 0 aliphatic carbocycles. The molecule has 0 spiro atoms. The SMILES string of the molecule is CN1CCc2c(c3cc(Cl)ccc3n2CC(C)(O)c2ccc(F)cc2F)C1.Cc1cc(C(C)(O)Cn2c3c(c4cc(Cl)ccc42)CN(C)CC3)ccc1Cl.Cc1cc(C(C)(O)Cn2c3c(c4cc(Cl)ccc42)CN(C)CC3)ccc1F. The molecule has 6 heterocycles. The van der Waals surface area contributed by atoms with Gasteiger partial charge in [-0.25, -0.2) is 13.2 Å². The molecule has 3 unspecified atom stereocenters. The predicted octanol–water partition coefficient (Wildman–Crippen LogP) is 14.3. The average Bonchev–Trinajstić information content (AvgIpc) is 4.15. The summed E-state index contributed by atoms with van der Waals surface area (Å²) >= 11 is 24.9. The Labute approximate surface area is 492 Å². The van der Waals surface area contributed by atoms with Crippen molar-refractivity contribution in [2.24, 2.45) is 0 Å². The second-order valence-electron chi connectivity index (χ2n) is 23.4. The van der Waals surface area contributed by atoms with Crippen LogP contribution in [0.2, 0.25) is 20.1 Å². The van der Waals surface area contributed by atoms with Gasteiger partial charge in [-0.15, -0.1) is 0 Å². The van der Waals surface area contributed by atoms with Gasteiger partial charge in [0.2, 0.25) is 0 Å². The number of nitrogens with zero attached hydrogens (tertiary/aromatic N) is 6. The first-order valence-corrected chi connectivity index (χ1v) is 28.9. The Morgan fingerprint density at radius 1 is 0.444 bits per heavy atom. The summed E-state index contributed by atoms with van der Waals surface area (Å²) in [5.41, 5.74) is 10.3. The highest BCUT2D eigenvalue weighted by atomic mass is 35.5. The fourth-order valence-electron chi connectivity index (χ4n) is 12.3. The zero-order valence-electron chi connectivity index (χ0n) is 47.0. The van der Waals surface area contributed by atoms with Gasteiger partial charge in [0.1, 0.15) is 34.3 Å². The van der Waals surface area contributed by atoms with E-state index in [2.05, 4.69) is 55.6 Å². The minimum atomic E-state index is -1.49. The lowest BCUT2D eigenvalue weighted by molar-refractivity contribution is 0.0347. The third-order valence-electron chi connectivity index (χ3n) is 16.7. The highest BCUT2D eigenvalue weighted by Gasteiger charge is 2.34. The fraction of sp³-hybridized carbons (Fsp3) is 0.354. The summed E-state index contributed by atoms with van der Waals surface area (Å²) in [6.07, 6.45) is 2.73. The molecule has 6 aromatic carbocycles. The standard InChI is InChI=1S/C22H24Cl2N2O.C22H24ClFN2O.C21H21ClF2N2O/c2*1-14-10-15(4-6-19(14)24)22(2,27)13-26-20-7-5-16(23)11-17(20)18-12-25(3)9-8-21(18)26;1-21(27,17-5-4-14(23)10-18(17)24)12-26-19-6-3-13(22)9-15(19)16-11-25(2)8-7-20(16)26/h2*4-7,10-11,27H,8-9,12-13H2,1-3H3;3-6,9-10,27H,7-8,11-12H2,1-2H3. The minimum absolute atomic E-state index is 0.0846. The second kappa shape index (κ2) is 23.0. The number of rotatable bonds is 9. The Bertz CT molecular complexity index is 3700. The predicted molar refractivity (Wildman–Crippen MR) is 323 cm³/mol. The molecule has 3 aliphatic rings. The summed E-state index contributed by atoms with van der Waals surface area (Å²) in [6.45, 7) is 15.5. The van der Waals surface area contributed by atoms with Gasteiger partial charge in [0.05, 0.1) is 19.6 Å². The van der Waals surface area contributed by atoms with Crippen molar-refractivity contribution in [3.05, 3.63) is 208 Å². The van der Waals surface area contributed by atoms with Crippen LogP contribution in [0.15, 0.2) is 109 Å². The first-order valence-electron chi connectivity index (χ1n) is 27.4. The van der Waals surface area contributed by atoms with Crippen molar-refractivity contribution >= 4 is 79.1 Å². The topological polar surface area (TPSA) is 85.2 Å². The smallest absolute Gasteiger partial charge is 0.132 e. The number of halogens is 7. The maximum Gasteiger partial charge on any atom is 0.132 e. The summed E-state index contributed by atoms with van der Waals surface area (Å²) in [5, 5.41) is 39.9. The number of aryl methyl sites for hydroxylation is 2.